The number of ether oxygens (including phenoxy) is 1. The second kappa shape index (κ2) is 8.21. The summed E-state index contributed by atoms with van der Waals surface area (Å²) in [5, 5.41) is 9.70. The van der Waals surface area contributed by atoms with E-state index in [4.69, 9.17) is 4.74 Å². The zero-order valence-corrected chi connectivity index (χ0v) is 14.2. The summed E-state index contributed by atoms with van der Waals surface area (Å²) in [5.41, 5.74) is 0.803. The van der Waals surface area contributed by atoms with Gasteiger partial charge in [-0.15, -0.1) is 11.8 Å². The van der Waals surface area contributed by atoms with Crippen LogP contribution in [-0.4, -0.2) is 66.0 Å². The van der Waals surface area contributed by atoms with Crippen molar-refractivity contribution in [2.24, 2.45) is 0 Å². The lowest BCUT2D eigenvalue weighted by Crippen LogP contribution is -2.51. The Kier molecular flexibility index (Phi) is 6.29. The van der Waals surface area contributed by atoms with Gasteiger partial charge < -0.3 is 14.7 Å². The smallest absolute Gasteiger partial charge is 0.409 e. The van der Waals surface area contributed by atoms with Crippen molar-refractivity contribution >= 4 is 23.8 Å². The average molecular weight is 338 g/mol. The van der Waals surface area contributed by atoms with E-state index in [0.717, 1.165) is 10.5 Å². The second-order valence-electron chi connectivity index (χ2n) is 5.20. The van der Waals surface area contributed by atoms with Gasteiger partial charge in [-0.1, -0.05) is 18.2 Å². The van der Waals surface area contributed by atoms with Gasteiger partial charge in [0.15, 0.2) is 0 Å². The molecule has 0 bridgehead atoms. The van der Waals surface area contributed by atoms with Crippen LogP contribution in [0.15, 0.2) is 29.2 Å². The van der Waals surface area contributed by atoms with Crippen molar-refractivity contribution in [3.63, 3.8) is 0 Å². The predicted octanol–water partition coefficient (Wildman–Crippen LogP) is 2.31. The molecular weight excluding hydrogens is 316 g/mol. The minimum absolute atomic E-state index is 0.330. The molecule has 1 fully saturated rings. The van der Waals surface area contributed by atoms with Crippen LogP contribution in [0.25, 0.3) is 0 Å². The van der Waals surface area contributed by atoms with Crippen molar-refractivity contribution in [2.75, 3.05) is 39.0 Å². The van der Waals surface area contributed by atoms with E-state index in [1.165, 1.54) is 0 Å². The van der Waals surface area contributed by atoms with E-state index in [1.54, 1.807) is 23.6 Å². The van der Waals surface area contributed by atoms with Crippen LogP contribution in [0.5, 0.6) is 0 Å². The van der Waals surface area contributed by atoms with Crippen LogP contribution < -0.4 is 0 Å². The van der Waals surface area contributed by atoms with E-state index in [2.05, 4.69) is 0 Å². The highest BCUT2D eigenvalue weighted by atomic mass is 32.2. The maximum Gasteiger partial charge on any atom is 0.409 e. The molecule has 1 unspecified atom stereocenters. The van der Waals surface area contributed by atoms with Crippen molar-refractivity contribution in [1.82, 2.24) is 9.80 Å². The number of aliphatic carboxylic acids is 1. The van der Waals surface area contributed by atoms with E-state index in [9.17, 15) is 14.7 Å². The number of nitrogens with zero attached hydrogens (tertiary/aromatic N) is 2. The van der Waals surface area contributed by atoms with E-state index >= 15 is 0 Å². The summed E-state index contributed by atoms with van der Waals surface area (Å²) >= 11 is 1.54. The highest BCUT2D eigenvalue weighted by Crippen LogP contribution is 2.30. The van der Waals surface area contributed by atoms with Crippen molar-refractivity contribution in [3.8, 4) is 0 Å². The van der Waals surface area contributed by atoms with Crippen LogP contribution in [0.4, 0.5) is 4.79 Å². The zero-order chi connectivity index (χ0) is 16.8. The molecule has 0 aromatic heterocycles. The largest absolute Gasteiger partial charge is 0.480 e. The fourth-order valence-corrected chi connectivity index (χ4v) is 3.39. The van der Waals surface area contributed by atoms with Crippen molar-refractivity contribution in [2.45, 2.75) is 17.9 Å². The Morgan fingerprint density at radius 3 is 2.48 bits per heavy atom. The van der Waals surface area contributed by atoms with Gasteiger partial charge in [0.25, 0.3) is 0 Å². The number of amides is 1. The highest BCUT2D eigenvalue weighted by molar-refractivity contribution is 7.98. The van der Waals surface area contributed by atoms with Gasteiger partial charge in [-0.05, 0) is 24.8 Å². The summed E-state index contributed by atoms with van der Waals surface area (Å²) < 4.78 is 4.99. The maximum absolute atomic E-state index is 11.8. The molecule has 0 aliphatic carbocycles. The third-order valence-electron chi connectivity index (χ3n) is 3.87. The molecule has 1 aliphatic heterocycles. The number of benzene rings is 1. The summed E-state index contributed by atoms with van der Waals surface area (Å²) in [4.78, 5) is 28.1. The number of carboxylic acids is 1. The van der Waals surface area contributed by atoms with Gasteiger partial charge in [-0.25, -0.2) is 4.79 Å². The summed E-state index contributed by atoms with van der Waals surface area (Å²) in [5.74, 6) is -0.865. The topological polar surface area (TPSA) is 70.1 Å². The first kappa shape index (κ1) is 17.6. The number of carbonyl (C=O) groups is 2. The second-order valence-corrected chi connectivity index (χ2v) is 6.05. The minimum Gasteiger partial charge on any atom is -0.480 e. The lowest BCUT2D eigenvalue weighted by Gasteiger charge is -2.37. The number of thioether (sulfide) groups is 1. The predicted molar refractivity (Wildman–Crippen MR) is 88.8 cm³/mol. The molecule has 7 heteroatoms. The van der Waals surface area contributed by atoms with Crippen LogP contribution in [0.2, 0.25) is 0 Å². The Morgan fingerprint density at radius 1 is 1.26 bits per heavy atom. The molecule has 1 aromatic rings. The highest BCUT2D eigenvalue weighted by Gasteiger charge is 2.33. The molecule has 1 atom stereocenters. The first-order valence-corrected chi connectivity index (χ1v) is 8.82. The van der Waals surface area contributed by atoms with E-state index in [-0.39, 0.29) is 6.09 Å². The van der Waals surface area contributed by atoms with Gasteiger partial charge in [0.1, 0.15) is 6.04 Å². The lowest BCUT2D eigenvalue weighted by molar-refractivity contribution is -0.144. The monoisotopic (exact) mass is 338 g/mol. The molecule has 1 N–H and O–H groups in total. The van der Waals surface area contributed by atoms with Gasteiger partial charge in [0.2, 0.25) is 0 Å². The molecule has 1 saturated heterocycles. The molecule has 0 saturated carbocycles. The maximum atomic E-state index is 11.8. The Labute approximate surface area is 140 Å². The van der Waals surface area contributed by atoms with Crippen molar-refractivity contribution < 1.29 is 19.4 Å². The standard InChI is InChI=1S/C16H22N2O4S/c1-3-22-16(21)18-10-8-17(9-11-18)14(15(19)20)12-6-4-5-7-13(12)23-2/h4-7,14H,3,8-11H2,1-2H3,(H,19,20). The minimum atomic E-state index is -0.865. The Bertz CT molecular complexity index is 559. The van der Waals surface area contributed by atoms with Crippen LogP contribution in [0.3, 0.4) is 0 Å². The molecule has 1 aliphatic rings. The Morgan fingerprint density at radius 2 is 1.91 bits per heavy atom. The van der Waals surface area contributed by atoms with Crippen molar-refractivity contribution in [3.05, 3.63) is 29.8 Å². The van der Waals surface area contributed by atoms with E-state index < -0.39 is 12.0 Å². The van der Waals surface area contributed by atoms with Gasteiger partial charge in [0, 0.05) is 31.1 Å². The molecule has 6 nitrogen and oxygen atoms in total. The first-order chi connectivity index (χ1) is 11.1. The zero-order valence-electron chi connectivity index (χ0n) is 13.4. The van der Waals surface area contributed by atoms with E-state index in [0.29, 0.717) is 32.8 Å². The molecular formula is C16H22N2O4S. The quantitative estimate of drug-likeness (QED) is 0.831. The van der Waals surface area contributed by atoms with Crippen LogP contribution >= 0.6 is 11.8 Å². The van der Waals surface area contributed by atoms with Gasteiger partial charge in [-0.3, -0.25) is 9.69 Å². The molecule has 1 aromatic carbocycles. The Hall–Kier alpha value is -1.73. The number of carboxylic acid groups (broad SMARTS) is 1. The number of hydrogen-bond donors (Lipinski definition) is 1. The summed E-state index contributed by atoms with van der Waals surface area (Å²) in [7, 11) is 0. The van der Waals surface area contributed by atoms with Crippen LogP contribution in [0.1, 0.15) is 18.5 Å². The molecule has 2 rings (SSSR count). The number of hydrogen-bond acceptors (Lipinski definition) is 5. The number of piperazine rings is 1. The number of rotatable bonds is 5. The molecule has 0 spiro atoms. The summed E-state index contributed by atoms with van der Waals surface area (Å²) in [6, 6.07) is 6.88. The molecule has 1 amide bonds. The third kappa shape index (κ3) is 4.17. The van der Waals surface area contributed by atoms with Crippen LogP contribution in [-0.2, 0) is 9.53 Å². The average Bonchev–Trinajstić information content (AvgIpc) is 2.56. The fourth-order valence-electron chi connectivity index (χ4n) is 2.76. The lowest BCUT2D eigenvalue weighted by atomic mass is 10.0. The van der Waals surface area contributed by atoms with Crippen LogP contribution in [0, 0.1) is 0 Å². The molecule has 0 radical (unpaired) electrons. The van der Waals surface area contributed by atoms with Gasteiger partial charge in [-0.2, -0.15) is 0 Å². The SMILES string of the molecule is CCOC(=O)N1CCN(C(C(=O)O)c2ccccc2SC)CC1. The molecule has 126 valence electrons. The Balaban J connectivity index is 2.12. The first-order valence-electron chi connectivity index (χ1n) is 7.60. The molecule has 23 heavy (non-hydrogen) atoms. The summed E-state index contributed by atoms with van der Waals surface area (Å²) in [6.45, 7) is 4.09. The normalized spacial score (nSPS) is 16.9. The third-order valence-corrected chi connectivity index (χ3v) is 4.68. The summed E-state index contributed by atoms with van der Waals surface area (Å²) in [6.07, 6.45) is 1.61. The van der Waals surface area contributed by atoms with Gasteiger partial charge in [0.05, 0.1) is 6.61 Å². The van der Waals surface area contributed by atoms with Crippen molar-refractivity contribution in [1.29, 1.82) is 0 Å². The fraction of sp³-hybridized carbons (Fsp3) is 0.500. The van der Waals surface area contributed by atoms with E-state index in [1.807, 2.05) is 35.4 Å². The molecule has 1 heterocycles. The number of carbonyl (C=O) groups excluding carboxylic acids is 1. The van der Waals surface area contributed by atoms with Gasteiger partial charge >= 0.3 is 12.1 Å².